The molecule has 132 valence electrons. The van der Waals surface area contributed by atoms with Gasteiger partial charge in [-0.15, -0.1) is 0 Å². The van der Waals surface area contributed by atoms with Crippen LogP contribution in [0.15, 0.2) is 30.6 Å². The molecule has 0 saturated carbocycles. The Kier molecular flexibility index (Phi) is 4.19. The maximum absolute atomic E-state index is 12.7. The normalized spacial score (nSPS) is 26.0. The SMILES string of the molecule is O=C([C@@H]1CCS(=O)(=O)C1)N1CCC[C@@H](c2cc3ncccc3cn2)C1. The maximum Gasteiger partial charge on any atom is 0.226 e. The second-order valence-electron chi connectivity index (χ2n) is 7.03. The van der Waals surface area contributed by atoms with E-state index in [4.69, 9.17) is 0 Å². The summed E-state index contributed by atoms with van der Waals surface area (Å²) in [5.41, 5.74) is 1.88. The molecule has 6 nitrogen and oxygen atoms in total. The van der Waals surface area contributed by atoms with Crippen LogP contribution in [-0.4, -0.2) is 53.8 Å². The van der Waals surface area contributed by atoms with Gasteiger partial charge in [0.15, 0.2) is 9.84 Å². The van der Waals surface area contributed by atoms with Crippen LogP contribution in [0.4, 0.5) is 0 Å². The number of amides is 1. The van der Waals surface area contributed by atoms with Crippen molar-refractivity contribution >= 4 is 26.6 Å². The van der Waals surface area contributed by atoms with E-state index in [1.165, 1.54) is 0 Å². The Morgan fingerprint density at radius 3 is 2.92 bits per heavy atom. The van der Waals surface area contributed by atoms with E-state index in [0.717, 1.165) is 29.4 Å². The zero-order chi connectivity index (χ0) is 17.4. The predicted octanol–water partition coefficient (Wildman–Crippen LogP) is 1.77. The molecule has 0 unspecified atom stereocenters. The number of carbonyl (C=O) groups excluding carboxylic acids is 1. The summed E-state index contributed by atoms with van der Waals surface area (Å²) in [5, 5.41) is 1.01. The lowest BCUT2D eigenvalue weighted by atomic mass is 9.92. The van der Waals surface area contributed by atoms with Gasteiger partial charge in [-0.2, -0.15) is 0 Å². The molecule has 2 aromatic rings. The highest BCUT2D eigenvalue weighted by molar-refractivity contribution is 7.91. The van der Waals surface area contributed by atoms with Crippen LogP contribution in [0.25, 0.3) is 10.9 Å². The molecule has 0 spiro atoms. The van der Waals surface area contributed by atoms with Gasteiger partial charge >= 0.3 is 0 Å². The summed E-state index contributed by atoms with van der Waals surface area (Å²) in [6.45, 7) is 1.32. The average Bonchev–Trinajstić information content (AvgIpc) is 3.00. The Morgan fingerprint density at radius 1 is 1.24 bits per heavy atom. The van der Waals surface area contributed by atoms with Gasteiger partial charge in [0.25, 0.3) is 0 Å². The van der Waals surface area contributed by atoms with E-state index in [2.05, 4.69) is 9.97 Å². The summed E-state index contributed by atoms with van der Waals surface area (Å²) in [5.74, 6) is -0.0502. The van der Waals surface area contributed by atoms with E-state index < -0.39 is 9.84 Å². The first-order valence-electron chi connectivity index (χ1n) is 8.72. The Hall–Kier alpha value is -2.02. The Balaban J connectivity index is 1.51. The van der Waals surface area contributed by atoms with Gasteiger partial charge in [0.1, 0.15) is 0 Å². The highest BCUT2D eigenvalue weighted by Crippen LogP contribution is 2.29. The summed E-state index contributed by atoms with van der Waals surface area (Å²) in [4.78, 5) is 23.5. The molecule has 4 rings (SSSR count). The Labute approximate surface area is 147 Å². The van der Waals surface area contributed by atoms with E-state index >= 15 is 0 Å². The molecule has 25 heavy (non-hydrogen) atoms. The minimum Gasteiger partial charge on any atom is -0.342 e. The van der Waals surface area contributed by atoms with Crippen molar-refractivity contribution in [2.75, 3.05) is 24.6 Å². The molecule has 2 atom stereocenters. The zero-order valence-electron chi connectivity index (χ0n) is 14.0. The van der Waals surface area contributed by atoms with Crippen LogP contribution in [0, 0.1) is 5.92 Å². The van der Waals surface area contributed by atoms with Crippen molar-refractivity contribution in [3.63, 3.8) is 0 Å². The van der Waals surface area contributed by atoms with E-state index in [0.29, 0.717) is 19.5 Å². The van der Waals surface area contributed by atoms with Crippen molar-refractivity contribution in [2.45, 2.75) is 25.2 Å². The minimum atomic E-state index is -3.04. The fourth-order valence-corrected chi connectivity index (χ4v) is 5.60. The van der Waals surface area contributed by atoms with Gasteiger partial charge < -0.3 is 4.90 Å². The van der Waals surface area contributed by atoms with Crippen molar-refractivity contribution in [3.05, 3.63) is 36.3 Å². The second-order valence-corrected chi connectivity index (χ2v) is 9.26. The van der Waals surface area contributed by atoms with Crippen LogP contribution in [0.3, 0.4) is 0 Å². The van der Waals surface area contributed by atoms with Gasteiger partial charge in [0, 0.05) is 42.5 Å². The lowest BCUT2D eigenvalue weighted by Gasteiger charge is -2.34. The number of fused-ring (bicyclic) bond motifs is 1. The molecule has 2 aromatic heterocycles. The number of sulfone groups is 1. The van der Waals surface area contributed by atoms with Crippen LogP contribution in [0.1, 0.15) is 30.9 Å². The number of rotatable bonds is 2. The molecule has 2 fully saturated rings. The van der Waals surface area contributed by atoms with Crippen LogP contribution in [0.5, 0.6) is 0 Å². The number of hydrogen-bond acceptors (Lipinski definition) is 5. The molecular formula is C18H21N3O3S. The second kappa shape index (κ2) is 6.37. The monoisotopic (exact) mass is 359 g/mol. The largest absolute Gasteiger partial charge is 0.342 e. The third-order valence-electron chi connectivity index (χ3n) is 5.24. The molecule has 2 aliphatic heterocycles. The van der Waals surface area contributed by atoms with Crippen LogP contribution in [-0.2, 0) is 14.6 Å². The summed E-state index contributed by atoms with van der Waals surface area (Å²) in [7, 11) is -3.04. The highest BCUT2D eigenvalue weighted by Gasteiger charge is 2.37. The first-order chi connectivity index (χ1) is 12.0. The van der Waals surface area contributed by atoms with Crippen LogP contribution in [0.2, 0.25) is 0 Å². The fourth-order valence-electron chi connectivity index (χ4n) is 3.87. The van der Waals surface area contributed by atoms with Crippen molar-refractivity contribution in [1.29, 1.82) is 0 Å². The average molecular weight is 359 g/mol. The molecule has 0 aliphatic carbocycles. The highest BCUT2D eigenvalue weighted by atomic mass is 32.2. The molecular weight excluding hydrogens is 338 g/mol. The summed E-state index contributed by atoms with van der Waals surface area (Å²) in [6, 6.07) is 5.88. The lowest BCUT2D eigenvalue weighted by Crippen LogP contribution is -2.42. The minimum absolute atomic E-state index is 0.00510. The lowest BCUT2D eigenvalue weighted by molar-refractivity contribution is -0.136. The summed E-state index contributed by atoms with van der Waals surface area (Å²) < 4.78 is 23.3. The molecule has 2 aliphatic rings. The molecule has 4 heterocycles. The maximum atomic E-state index is 12.7. The molecule has 0 aromatic carbocycles. The van der Waals surface area contributed by atoms with Gasteiger partial charge in [-0.05, 0) is 37.5 Å². The Morgan fingerprint density at radius 2 is 2.12 bits per heavy atom. The quantitative estimate of drug-likeness (QED) is 0.816. The topological polar surface area (TPSA) is 80.2 Å². The number of likely N-dealkylation sites (tertiary alicyclic amines) is 1. The van der Waals surface area contributed by atoms with E-state index in [-0.39, 0.29) is 29.2 Å². The smallest absolute Gasteiger partial charge is 0.226 e. The third-order valence-corrected chi connectivity index (χ3v) is 7.01. The number of pyridine rings is 2. The number of piperidine rings is 1. The van der Waals surface area contributed by atoms with Crippen molar-refractivity contribution in [1.82, 2.24) is 14.9 Å². The van der Waals surface area contributed by atoms with E-state index in [1.54, 1.807) is 6.20 Å². The standard InChI is InChI=1S/C18H21N3O3S/c22-18(15-5-8-25(23,24)12-15)21-7-2-4-14(11-21)17-9-16-13(10-20-17)3-1-6-19-16/h1,3,6,9-10,14-15H,2,4-5,7-8,11-12H2/t14-,15-/m1/s1. The van der Waals surface area contributed by atoms with Crippen LogP contribution >= 0.6 is 0 Å². The third kappa shape index (κ3) is 3.38. The molecule has 2 saturated heterocycles. The molecule has 0 bridgehead atoms. The molecule has 0 radical (unpaired) electrons. The molecule has 7 heteroatoms. The van der Waals surface area contributed by atoms with Crippen LogP contribution < -0.4 is 0 Å². The van der Waals surface area contributed by atoms with Gasteiger partial charge in [0.05, 0.1) is 22.9 Å². The van der Waals surface area contributed by atoms with Gasteiger partial charge in [0.2, 0.25) is 5.91 Å². The summed E-state index contributed by atoms with van der Waals surface area (Å²) in [6.07, 6.45) is 5.96. The number of hydrogen-bond donors (Lipinski definition) is 0. The van der Waals surface area contributed by atoms with Crippen molar-refractivity contribution < 1.29 is 13.2 Å². The van der Waals surface area contributed by atoms with E-state index in [1.807, 2.05) is 29.3 Å². The summed E-state index contributed by atoms with van der Waals surface area (Å²) >= 11 is 0. The zero-order valence-corrected chi connectivity index (χ0v) is 14.8. The number of carbonyl (C=O) groups is 1. The van der Waals surface area contributed by atoms with Crippen molar-refractivity contribution in [2.24, 2.45) is 5.92 Å². The predicted molar refractivity (Wildman–Crippen MR) is 94.9 cm³/mol. The molecule has 0 N–H and O–H groups in total. The Bertz CT molecular complexity index is 913. The first kappa shape index (κ1) is 16.4. The van der Waals surface area contributed by atoms with Gasteiger partial charge in [-0.25, -0.2) is 8.42 Å². The van der Waals surface area contributed by atoms with E-state index in [9.17, 15) is 13.2 Å². The first-order valence-corrected chi connectivity index (χ1v) is 10.5. The fraction of sp³-hybridized carbons (Fsp3) is 0.500. The van der Waals surface area contributed by atoms with Gasteiger partial charge in [-0.3, -0.25) is 14.8 Å². The number of nitrogens with zero attached hydrogens (tertiary/aromatic N) is 3. The number of aromatic nitrogens is 2. The molecule has 1 amide bonds. The van der Waals surface area contributed by atoms with Crippen molar-refractivity contribution in [3.8, 4) is 0 Å². The van der Waals surface area contributed by atoms with Gasteiger partial charge in [-0.1, -0.05) is 0 Å².